The lowest BCUT2D eigenvalue weighted by Crippen LogP contribution is -2.15. The van der Waals surface area contributed by atoms with Crippen molar-refractivity contribution >= 4 is 69.8 Å². The van der Waals surface area contributed by atoms with Gasteiger partial charge in [-0.05, 0) is 35.5 Å². The fourth-order valence-corrected chi connectivity index (χ4v) is 3.70. The third-order valence-corrected chi connectivity index (χ3v) is 5.92. The lowest BCUT2D eigenvalue weighted by molar-refractivity contribution is -0.113. The molecule has 0 radical (unpaired) electrons. The third-order valence-electron chi connectivity index (χ3n) is 3.43. The minimum Gasteiger partial charge on any atom is -0.323 e. The van der Waals surface area contributed by atoms with Crippen molar-refractivity contribution in [1.82, 2.24) is 20.2 Å². The third kappa shape index (κ3) is 4.67. The minimum atomic E-state index is -0.361. The molecule has 11 heteroatoms. The maximum atomic E-state index is 12.3. The van der Waals surface area contributed by atoms with E-state index in [0.717, 1.165) is 23.0 Å². The highest BCUT2D eigenvalue weighted by Crippen LogP contribution is 2.41. The van der Waals surface area contributed by atoms with E-state index in [9.17, 15) is 4.79 Å². The quantitative estimate of drug-likeness (QED) is 0.410. The average molecular weight is 463 g/mol. The lowest BCUT2D eigenvalue weighted by atomic mass is 10.2. The molecule has 140 valence electrons. The van der Waals surface area contributed by atoms with E-state index in [1.807, 2.05) is 31.2 Å². The average Bonchev–Trinajstić information content (AvgIpc) is 3.11. The number of rotatable bonds is 5. The highest BCUT2D eigenvalue weighted by molar-refractivity contribution is 7.99. The van der Waals surface area contributed by atoms with Gasteiger partial charge in [-0.1, -0.05) is 75.9 Å². The Balaban J connectivity index is 1.71. The number of amides is 1. The van der Waals surface area contributed by atoms with Gasteiger partial charge < -0.3 is 5.32 Å². The first-order chi connectivity index (χ1) is 12.9. The number of aryl methyl sites for hydroxylation is 1. The molecule has 0 aliphatic heterocycles. The summed E-state index contributed by atoms with van der Waals surface area (Å²) < 4.78 is 1.55. The highest BCUT2D eigenvalue weighted by Gasteiger charge is 2.17. The van der Waals surface area contributed by atoms with E-state index in [0.29, 0.717) is 5.16 Å². The van der Waals surface area contributed by atoms with Crippen LogP contribution >= 0.6 is 58.2 Å². The van der Waals surface area contributed by atoms with Crippen molar-refractivity contribution < 1.29 is 4.79 Å². The van der Waals surface area contributed by atoms with Crippen LogP contribution in [-0.2, 0) is 4.79 Å². The Morgan fingerprint density at radius 3 is 2.37 bits per heavy atom. The summed E-state index contributed by atoms with van der Waals surface area (Å²) in [6.07, 6.45) is 0. The van der Waals surface area contributed by atoms with Crippen LogP contribution in [0.2, 0.25) is 20.1 Å². The first-order valence-corrected chi connectivity index (χ1v) is 9.97. The summed E-state index contributed by atoms with van der Waals surface area (Å²) in [5, 5.41) is 15.3. The van der Waals surface area contributed by atoms with Crippen molar-refractivity contribution in [2.24, 2.45) is 0 Å². The Kier molecular flexibility index (Phi) is 6.49. The number of hydrogen-bond donors (Lipinski definition) is 1. The van der Waals surface area contributed by atoms with Crippen molar-refractivity contribution in [3.8, 4) is 5.69 Å². The van der Waals surface area contributed by atoms with Crippen molar-refractivity contribution in [2.45, 2.75) is 12.1 Å². The normalized spacial score (nSPS) is 10.9. The summed E-state index contributed by atoms with van der Waals surface area (Å²) >= 11 is 25.3. The molecule has 0 bridgehead atoms. The second-order valence-electron chi connectivity index (χ2n) is 5.39. The molecule has 0 aliphatic rings. The van der Waals surface area contributed by atoms with Gasteiger partial charge in [0.05, 0.1) is 37.2 Å². The SMILES string of the molecule is Cc1ccc(-n2nnnc2SCC(=O)Nc2c(Cl)c(Cl)cc(Cl)c2Cl)cc1. The van der Waals surface area contributed by atoms with Gasteiger partial charge in [-0.15, -0.1) is 5.10 Å². The summed E-state index contributed by atoms with van der Waals surface area (Å²) in [6, 6.07) is 9.09. The molecule has 1 amide bonds. The van der Waals surface area contributed by atoms with Crippen LogP contribution < -0.4 is 5.32 Å². The molecule has 1 heterocycles. The van der Waals surface area contributed by atoms with Crippen molar-refractivity contribution in [3.63, 3.8) is 0 Å². The zero-order valence-electron chi connectivity index (χ0n) is 13.7. The summed E-state index contributed by atoms with van der Waals surface area (Å²) in [7, 11) is 0. The van der Waals surface area contributed by atoms with E-state index in [2.05, 4.69) is 20.8 Å². The second-order valence-corrected chi connectivity index (χ2v) is 7.90. The molecule has 1 aromatic heterocycles. The number of carbonyl (C=O) groups excluding carboxylic acids is 1. The molecule has 0 atom stereocenters. The van der Waals surface area contributed by atoms with Gasteiger partial charge >= 0.3 is 0 Å². The van der Waals surface area contributed by atoms with Gasteiger partial charge in [0.2, 0.25) is 11.1 Å². The van der Waals surface area contributed by atoms with E-state index >= 15 is 0 Å². The van der Waals surface area contributed by atoms with E-state index in [1.165, 1.54) is 6.07 Å². The largest absolute Gasteiger partial charge is 0.323 e. The standard InChI is InChI=1S/C16H11Cl4N5OS/c1-8-2-4-9(5-3-8)25-16(22-23-24-25)27-7-12(26)21-15-13(19)10(17)6-11(18)14(15)20/h2-6H,7H2,1H3,(H,21,26). The van der Waals surface area contributed by atoms with E-state index in [1.54, 1.807) is 4.68 Å². The van der Waals surface area contributed by atoms with Crippen molar-refractivity contribution in [2.75, 3.05) is 11.1 Å². The summed E-state index contributed by atoms with van der Waals surface area (Å²) in [5.74, 6) is -0.330. The first kappa shape index (κ1) is 20.2. The number of aromatic nitrogens is 4. The number of hydrogen-bond acceptors (Lipinski definition) is 5. The van der Waals surface area contributed by atoms with E-state index in [4.69, 9.17) is 46.4 Å². The van der Waals surface area contributed by atoms with Gasteiger partial charge in [0, 0.05) is 0 Å². The molecule has 0 spiro atoms. The summed E-state index contributed by atoms with van der Waals surface area (Å²) in [5.41, 5.74) is 2.08. The topological polar surface area (TPSA) is 72.7 Å². The molecule has 27 heavy (non-hydrogen) atoms. The van der Waals surface area contributed by atoms with Crippen molar-refractivity contribution in [1.29, 1.82) is 0 Å². The Bertz CT molecular complexity index is 967. The molecule has 0 unspecified atom stereocenters. The van der Waals surface area contributed by atoms with Crippen LogP contribution in [-0.4, -0.2) is 31.9 Å². The van der Waals surface area contributed by atoms with E-state index < -0.39 is 0 Å². The highest BCUT2D eigenvalue weighted by atomic mass is 35.5. The van der Waals surface area contributed by atoms with Crippen LogP contribution in [0.15, 0.2) is 35.5 Å². The molecule has 0 saturated carbocycles. The summed E-state index contributed by atoms with van der Waals surface area (Å²) in [4.78, 5) is 12.3. The predicted octanol–water partition coefficient (Wildman–Crippen LogP) is 5.32. The molecule has 3 aromatic rings. The van der Waals surface area contributed by atoms with Gasteiger partial charge in [-0.3, -0.25) is 4.79 Å². The fraction of sp³-hybridized carbons (Fsp3) is 0.125. The first-order valence-electron chi connectivity index (χ1n) is 7.48. The lowest BCUT2D eigenvalue weighted by Gasteiger charge is -2.11. The van der Waals surface area contributed by atoms with Gasteiger partial charge in [0.25, 0.3) is 0 Å². The Morgan fingerprint density at radius 1 is 1.11 bits per heavy atom. The molecule has 0 saturated heterocycles. The molecule has 3 rings (SSSR count). The zero-order valence-corrected chi connectivity index (χ0v) is 17.6. The molecule has 6 nitrogen and oxygen atoms in total. The van der Waals surface area contributed by atoms with Gasteiger partial charge in [-0.25, -0.2) is 0 Å². The molecule has 2 aromatic carbocycles. The number of halogens is 4. The second kappa shape index (κ2) is 8.67. The van der Waals surface area contributed by atoms with Crippen LogP contribution in [0, 0.1) is 6.92 Å². The van der Waals surface area contributed by atoms with Crippen LogP contribution in [0.3, 0.4) is 0 Å². The number of tetrazole rings is 1. The maximum absolute atomic E-state index is 12.3. The smallest absolute Gasteiger partial charge is 0.234 e. The zero-order chi connectivity index (χ0) is 19.6. The van der Waals surface area contributed by atoms with Crippen LogP contribution in [0.4, 0.5) is 5.69 Å². The Hall–Kier alpha value is -1.51. The van der Waals surface area contributed by atoms with E-state index in [-0.39, 0.29) is 37.4 Å². The maximum Gasteiger partial charge on any atom is 0.234 e. The predicted molar refractivity (Wildman–Crippen MR) is 110 cm³/mol. The molecule has 1 N–H and O–H groups in total. The molecule has 0 aliphatic carbocycles. The number of nitrogens with one attached hydrogen (secondary N) is 1. The number of benzene rings is 2. The minimum absolute atomic E-state index is 0.0308. The monoisotopic (exact) mass is 461 g/mol. The Morgan fingerprint density at radius 2 is 1.74 bits per heavy atom. The number of anilines is 1. The Labute approximate surface area is 179 Å². The fourth-order valence-electron chi connectivity index (χ4n) is 2.11. The van der Waals surface area contributed by atoms with Crippen LogP contribution in [0.1, 0.15) is 5.56 Å². The molecular formula is C16H11Cl4N5OS. The number of carbonyl (C=O) groups is 1. The molecule has 0 fully saturated rings. The number of nitrogens with zero attached hydrogens (tertiary/aromatic N) is 4. The summed E-state index contributed by atoms with van der Waals surface area (Å²) in [6.45, 7) is 1.99. The van der Waals surface area contributed by atoms with Crippen molar-refractivity contribution in [3.05, 3.63) is 56.0 Å². The molecular weight excluding hydrogens is 452 g/mol. The van der Waals surface area contributed by atoms with Crippen LogP contribution in [0.25, 0.3) is 5.69 Å². The van der Waals surface area contributed by atoms with Gasteiger partial charge in [0.15, 0.2) is 0 Å². The van der Waals surface area contributed by atoms with Gasteiger partial charge in [0.1, 0.15) is 0 Å². The van der Waals surface area contributed by atoms with Gasteiger partial charge in [-0.2, -0.15) is 4.68 Å². The number of thioether (sulfide) groups is 1. The van der Waals surface area contributed by atoms with Crippen LogP contribution in [0.5, 0.6) is 0 Å².